The minimum Gasteiger partial charge on any atom is -0.354 e. The SMILES string of the molecule is Cc1cc(C)nc(N[C@@H](Cc2ccccc2)C(=O)NCCC(C)C)n1. The molecular formula is C20H28N4O. The highest BCUT2D eigenvalue weighted by molar-refractivity contribution is 5.84. The second kappa shape index (κ2) is 9.16. The number of aryl methyl sites for hydroxylation is 2. The zero-order valence-electron chi connectivity index (χ0n) is 15.5. The molecule has 25 heavy (non-hydrogen) atoms. The van der Waals surface area contributed by atoms with E-state index >= 15 is 0 Å². The number of amides is 1. The Hall–Kier alpha value is -2.43. The van der Waals surface area contributed by atoms with E-state index in [2.05, 4.69) is 34.4 Å². The summed E-state index contributed by atoms with van der Waals surface area (Å²) in [6, 6.07) is 11.5. The van der Waals surface area contributed by atoms with Crippen LogP contribution in [0.1, 0.15) is 37.2 Å². The average Bonchev–Trinajstić information content (AvgIpc) is 2.54. The molecule has 2 N–H and O–H groups in total. The van der Waals surface area contributed by atoms with Crippen molar-refractivity contribution in [2.75, 3.05) is 11.9 Å². The van der Waals surface area contributed by atoms with Gasteiger partial charge >= 0.3 is 0 Å². The largest absolute Gasteiger partial charge is 0.354 e. The molecule has 0 aliphatic carbocycles. The van der Waals surface area contributed by atoms with Crippen molar-refractivity contribution in [3.63, 3.8) is 0 Å². The van der Waals surface area contributed by atoms with Crippen LogP contribution >= 0.6 is 0 Å². The molecule has 2 aromatic rings. The molecule has 0 fully saturated rings. The maximum atomic E-state index is 12.7. The number of hydrogen-bond donors (Lipinski definition) is 2. The molecule has 0 saturated carbocycles. The molecule has 1 heterocycles. The molecule has 134 valence electrons. The van der Waals surface area contributed by atoms with E-state index in [0.717, 1.165) is 23.4 Å². The van der Waals surface area contributed by atoms with Crippen LogP contribution in [0.4, 0.5) is 5.95 Å². The molecule has 0 saturated heterocycles. The summed E-state index contributed by atoms with van der Waals surface area (Å²) in [4.78, 5) is 21.5. The van der Waals surface area contributed by atoms with Crippen LogP contribution in [0.25, 0.3) is 0 Å². The van der Waals surface area contributed by atoms with Gasteiger partial charge in [0.25, 0.3) is 0 Å². The molecule has 0 aliphatic rings. The first-order chi connectivity index (χ1) is 11.9. The zero-order chi connectivity index (χ0) is 18.2. The number of anilines is 1. The van der Waals surface area contributed by atoms with Gasteiger partial charge in [0.05, 0.1) is 0 Å². The first-order valence-electron chi connectivity index (χ1n) is 8.84. The van der Waals surface area contributed by atoms with Crippen LogP contribution in [0.2, 0.25) is 0 Å². The van der Waals surface area contributed by atoms with Crippen LogP contribution in [-0.4, -0.2) is 28.5 Å². The van der Waals surface area contributed by atoms with Gasteiger partial charge in [-0.25, -0.2) is 9.97 Å². The summed E-state index contributed by atoms with van der Waals surface area (Å²) in [5.74, 6) is 1.04. The maximum Gasteiger partial charge on any atom is 0.242 e. The summed E-state index contributed by atoms with van der Waals surface area (Å²) < 4.78 is 0. The molecule has 5 heteroatoms. The van der Waals surface area contributed by atoms with Crippen LogP contribution in [0.3, 0.4) is 0 Å². The molecular weight excluding hydrogens is 312 g/mol. The molecule has 2 rings (SSSR count). The van der Waals surface area contributed by atoms with Crippen molar-refractivity contribution in [2.24, 2.45) is 5.92 Å². The van der Waals surface area contributed by atoms with Gasteiger partial charge in [-0.15, -0.1) is 0 Å². The summed E-state index contributed by atoms with van der Waals surface area (Å²) in [6.07, 6.45) is 1.55. The number of carbonyl (C=O) groups is 1. The number of carbonyl (C=O) groups excluding carboxylic acids is 1. The lowest BCUT2D eigenvalue weighted by atomic mass is 10.0. The van der Waals surface area contributed by atoms with E-state index in [0.29, 0.717) is 24.8 Å². The van der Waals surface area contributed by atoms with E-state index in [4.69, 9.17) is 0 Å². The Bertz CT molecular complexity index is 665. The van der Waals surface area contributed by atoms with Gasteiger partial charge in [-0.2, -0.15) is 0 Å². The lowest BCUT2D eigenvalue weighted by molar-refractivity contribution is -0.121. The fourth-order valence-corrected chi connectivity index (χ4v) is 2.61. The molecule has 1 aromatic heterocycles. The fourth-order valence-electron chi connectivity index (χ4n) is 2.61. The summed E-state index contributed by atoms with van der Waals surface area (Å²) in [5, 5.41) is 6.24. The van der Waals surface area contributed by atoms with Gasteiger partial charge in [-0.1, -0.05) is 44.2 Å². The quantitative estimate of drug-likeness (QED) is 0.774. The Labute approximate surface area is 150 Å². The van der Waals surface area contributed by atoms with Crippen molar-refractivity contribution in [2.45, 2.75) is 46.6 Å². The Morgan fingerprint density at radius 3 is 2.32 bits per heavy atom. The molecule has 1 amide bonds. The smallest absolute Gasteiger partial charge is 0.242 e. The van der Waals surface area contributed by atoms with Crippen molar-refractivity contribution in [3.05, 3.63) is 53.3 Å². The minimum atomic E-state index is -0.407. The standard InChI is InChI=1S/C20H28N4O/c1-14(2)10-11-21-19(25)18(13-17-8-6-5-7-9-17)24-20-22-15(3)12-16(4)23-20/h5-9,12,14,18H,10-11,13H2,1-4H3,(H,21,25)(H,22,23,24)/t18-/m0/s1. The van der Waals surface area contributed by atoms with Crippen molar-refractivity contribution in [1.29, 1.82) is 0 Å². The summed E-state index contributed by atoms with van der Waals surface area (Å²) in [5.41, 5.74) is 2.87. The van der Waals surface area contributed by atoms with Gasteiger partial charge in [0, 0.05) is 24.4 Å². The van der Waals surface area contributed by atoms with Gasteiger partial charge in [0.15, 0.2) is 0 Å². The fraction of sp³-hybridized carbons (Fsp3) is 0.450. The summed E-state index contributed by atoms with van der Waals surface area (Å²) >= 11 is 0. The summed E-state index contributed by atoms with van der Waals surface area (Å²) in [6.45, 7) is 8.82. The predicted octanol–water partition coefficient (Wildman–Crippen LogP) is 3.28. The maximum absolute atomic E-state index is 12.7. The van der Waals surface area contributed by atoms with E-state index in [1.807, 2.05) is 50.2 Å². The number of nitrogens with zero attached hydrogens (tertiary/aromatic N) is 2. The highest BCUT2D eigenvalue weighted by Crippen LogP contribution is 2.10. The highest BCUT2D eigenvalue weighted by Gasteiger charge is 2.20. The van der Waals surface area contributed by atoms with Gasteiger partial charge in [0.2, 0.25) is 11.9 Å². The molecule has 5 nitrogen and oxygen atoms in total. The van der Waals surface area contributed by atoms with Crippen molar-refractivity contribution < 1.29 is 4.79 Å². The minimum absolute atomic E-state index is 0.0211. The van der Waals surface area contributed by atoms with Gasteiger partial charge in [0.1, 0.15) is 6.04 Å². The Kier molecular flexibility index (Phi) is 6.92. The molecule has 0 aliphatic heterocycles. The molecule has 0 spiro atoms. The second-order valence-electron chi connectivity index (χ2n) is 6.83. The topological polar surface area (TPSA) is 66.9 Å². The zero-order valence-corrected chi connectivity index (χ0v) is 15.5. The highest BCUT2D eigenvalue weighted by atomic mass is 16.2. The Morgan fingerprint density at radius 1 is 1.08 bits per heavy atom. The van der Waals surface area contributed by atoms with Crippen LogP contribution in [0.5, 0.6) is 0 Å². The van der Waals surface area contributed by atoms with E-state index < -0.39 is 6.04 Å². The van der Waals surface area contributed by atoms with Crippen LogP contribution in [0.15, 0.2) is 36.4 Å². The molecule has 1 aromatic carbocycles. The first kappa shape index (κ1) is 18.9. The lowest BCUT2D eigenvalue weighted by Gasteiger charge is -2.19. The number of rotatable bonds is 8. The second-order valence-corrected chi connectivity index (χ2v) is 6.83. The lowest BCUT2D eigenvalue weighted by Crippen LogP contribution is -2.42. The molecule has 0 unspecified atom stereocenters. The van der Waals surface area contributed by atoms with E-state index in [-0.39, 0.29) is 5.91 Å². The molecule has 0 radical (unpaired) electrons. The van der Waals surface area contributed by atoms with E-state index in [9.17, 15) is 4.79 Å². The van der Waals surface area contributed by atoms with Crippen molar-refractivity contribution in [3.8, 4) is 0 Å². The van der Waals surface area contributed by atoms with Crippen LogP contribution in [0, 0.1) is 19.8 Å². The van der Waals surface area contributed by atoms with E-state index in [1.54, 1.807) is 0 Å². The number of hydrogen-bond acceptors (Lipinski definition) is 4. The third kappa shape index (κ3) is 6.53. The normalized spacial score (nSPS) is 12.0. The van der Waals surface area contributed by atoms with Crippen molar-refractivity contribution >= 4 is 11.9 Å². The Morgan fingerprint density at radius 2 is 1.72 bits per heavy atom. The van der Waals surface area contributed by atoms with E-state index in [1.165, 1.54) is 0 Å². The average molecular weight is 340 g/mol. The molecule has 0 bridgehead atoms. The van der Waals surface area contributed by atoms with Crippen LogP contribution in [-0.2, 0) is 11.2 Å². The predicted molar refractivity (Wildman–Crippen MR) is 102 cm³/mol. The third-order valence-corrected chi connectivity index (χ3v) is 3.91. The van der Waals surface area contributed by atoms with Gasteiger partial charge in [-0.05, 0) is 37.8 Å². The van der Waals surface area contributed by atoms with Crippen LogP contribution < -0.4 is 10.6 Å². The van der Waals surface area contributed by atoms with Gasteiger partial charge in [-0.3, -0.25) is 4.79 Å². The van der Waals surface area contributed by atoms with Gasteiger partial charge < -0.3 is 10.6 Å². The number of aromatic nitrogens is 2. The first-order valence-corrected chi connectivity index (χ1v) is 8.84. The molecule has 1 atom stereocenters. The number of nitrogens with one attached hydrogen (secondary N) is 2. The van der Waals surface area contributed by atoms with Crippen molar-refractivity contribution in [1.82, 2.24) is 15.3 Å². The summed E-state index contributed by atoms with van der Waals surface area (Å²) in [7, 11) is 0. The third-order valence-electron chi connectivity index (χ3n) is 3.91. The monoisotopic (exact) mass is 340 g/mol. The Balaban J connectivity index is 2.11. The number of benzene rings is 1.